The minimum atomic E-state index is -5.86. The van der Waals surface area contributed by atoms with E-state index in [2.05, 4.69) is 10.1 Å². The topological polar surface area (TPSA) is 52.7 Å². The third-order valence-corrected chi connectivity index (χ3v) is 4.92. The molecule has 0 fully saturated rings. The van der Waals surface area contributed by atoms with Gasteiger partial charge in [0.1, 0.15) is 6.54 Å². The van der Waals surface area contributed by atoms with Crippen molar-refractivity contribution in [1.29, 1.82) is 0 Å². The highest BCUT2D eigenvalue weighted by atomic mass is 32.2. The van der Waals surface area contributed by atoms with Crippen LogP contribution >= 0.6 is 11.8 Å². The van der Waals surface area contributed by atoms with Crippen molar-refractivity contribution in [1.82, 2.24) is 19.3 Å². The Morgan fingerprint density at radius 2 is 1.82 bits per heavy atom. The fourth-order valence-electron chi connectivity index (χ4n) is 2.60. The molecule has 0 N–H and O–H groups in total. The van der Waals surface area contributed by atoms with E-state index in [4.69, 9.17) is 0 Å². The summed E-state index contributed by atoms with van der Waals surface area (Å²) in [5, 5.41) is 2.89. The van der Waals surface area contributed by atoms with Gasteiger partial charge in [0.2, 0.25) is 0 Å². The second-order valence-corrected chi connectivity index (χ2v) is 7.49. The van der Waals surface area contributed by atoms with E-state index < -0.39 is 47.2 Å². The Morgan fingerprint density at radius 3 is 2.39 bits per heavy atom. The fraction of sp³-hybridized carbons (Fsp3) is 0.500. The lowest BCUT2D eigenvalue weighted by Gasteiger charge is -2.19. The van der Waals surface area contributed by atoms with Crippen LogP contribution in [-0.2, 0) is 19.3 Å². The number of hydrogen-bond donors (Lipinski definition) is 0. The Hall–Kier alpha value is -2.12. The van der Waals surface area contributed by atoms with Crippen molar-refractivity contribution in [3.63, 3.8) is 0 Å². The molecule has 0 aliphatic carbocycles. The minimum Gasteiger partial charge on any atom is -0.286 e. The first-order valence-corrected chi connectivity index (χ1v) is 8.45. The number of aromatic nitrogens is 4. The Balaban J connectivity index is 2.09. The van der Waals surface area contributed by atoms with Crippen LogP contribution in [0.3, 0.4) is 0 Å². The van der Waals surface area contributed by atoms with Crippen LogP contribution in [0, 0.1) is 0 Å². The van der Waals surface area contributed by atoms with Gasteiger partial charge in [-0.2, -0.15) is 40.2 Å². The largest absolute Gasteiger partial charge is 0.455 e. The Kier molecular flexibility index (Phi) is 4.75. The third-order valence-electron chi connectivity index (χ3n) is 3.85. The van der Waals surface area contributed by atoms with Crippen LogP contribution in [0.1, 0.15) is 12.6 Å². The molecule has 0 spiro atoms. The van der Waals surface area contributed by atoms with E-state index in [0.717, 1.165) is 16.3 Å². The molecular formula is C14H10F8N4OS. The van der Waals surface area contributed by atoms with Gasteiger partial charge in [0.05, 0.1) is 11.8 Å². The first-order valence-electron chi connectivity index (χ1n) is 7.57. The van der Waals surface area contributed by atoms with Crippen LogP contribution in [0.2, 0.25) is 0 Å². The zero-order valence-corrected chi connectivity index (χ0v) is 14.6. The highest BCUT2D eigenvalue weighted by Gasteiger charge is 2.57. The van der Waals surface area contributed by atoms with E-state index in [-0.39, 0.29) is 21.6 Å². The van der Waals surface area contributed by atoms with Crippen molar-refractivity contribution >= 4 is 11.8 Å². The number of thioether (sulfide) groups is 1. The molecule has 0 bridgehead atoms. The maximum absolute atomic E-state index is 13.4. The van der Waals surface area contributed by atoms with Crippen molar-refractivity contribution in [2.45, 2.75) is 48.7 Å². The number of fused-ring (bicyclic) bond motifs is 1. The Bertz CT molecular complexity index is 962. The SMILES string of the molecule is CC1Cn2c(nc(C(F)(F)F)c(-c3cnn(CC(F)(F)C(F)(F)F)c3)c2=O)S1. The van der Waals surface area contributed by atoms with Gasteiger partial charge in [0.15, 0.2) is 10.9 Å². The second-order valence-electron chi connectivity index (χ2n) is 6.09. The first kappa shape index (κ1) is 20.6. The van der Waals surface area contributed by atoms with Gasteiger partial charge in [0, 0.05) is 23.6 Å². The van der Waals surface area contributed by atoms with E-state index in [0.29, 0.717) is 12.4 Å². The maximum atomic E-state index is 13.4. The molecule has 154 valence electrons. The van der Waals surface area contributed by atoms with Crippen molar-refractivity contribution in [2.24, 2.45) is 0 Å². The molecule has 14 heteroatoms. The van der Waals surface area contributed by atoms with Gasteiger partial charge in [-0.05, 0) is 0 Å². The summed E-state index contributed by atoms with van der Waals surface area (Å²) in [6.07, 6.45) is -9.75. The second kappa shape index (κ2) is 6.46. The summed E-state index contributed by atoms with van der Waals surface area (Å²) in [7, 11) is 0. The molecule has 1 atom stereocenters. The van der Waals surface area contributed by atoms with Crippen LogP contribution in [0.4, 0.5) is 35.1 Å². The molecule has 1 unspecified atom stereocenters. The molecule has 2 aromatic heterocycles. The molecule has 5 nitrogen and oxygen atoms in total. The van der Waals surface area contributed by atoms with E-state index in [1.165, 1.54) is 0 Å². The number of hydrogen-bond acceptors (Lipinski definition) is 4. The lowest BCUT2D eigenvalue weighted by atomic mass is 10.1. The van der Waals surface area contributed by atoms with E-state index in [9.17, 15) is 39.9 Å². The summed E-state index contributed by atoms with van der Waals surface area (Å²) >= 11 is 0.962. The summed E-state index contributed by atoms with van der Waals surface area (Å²) in [5.41, 5.74) is -4.13. The lowest BCUT2D eigenvalue weighted by Crippen LogP contribution is -2.40. The monoisotopic (exact) mass is 434 g/mol. The highest BCUT2D eigenvalue weighted by Crippen LogP contribution is 2.39. The van der Waals surface area contributed by atoms with E-state index in [1.54, 1.807) is 6.92 Å². The van der Waals surface area contributed by atoms with Gasteiger partial charge in [-0.15, -0.1) is 0 Å². The molecule has 28 heavy (non-hydrogen) atoms. The van der Waals surface area contributed by atoms with Gasteiger partial charge in [-0.1, -0.05) is 18.7 Å². The number of nitrogens with zero attached hydrogens (tertiary/aromatic N) is 4. The zero-order chi connectivity index (χ0) is 21.1. The third kappa shape index (κ3) is 3.61. The van der Waals surface area contributed by atoms with Crippen molar-refractivity contribution in [3.05, 3.63) is 28.4 Å². The van der Waals surface area contributed by atoms with Crippen LogP contribution in [0.5, 0.6) is 0 Å². The standard InChI is InChI=1S/C14H10F8N4OS/c1-6-3-26-10(27)8(9(13(17,18)19)24-11(26)28-6)7-2-23-25(4-7)5-12(15,16)14(20,21)22/h2,4,6H,3,5H2,1H3. The van der Waals surface area contributed by atoms with Gasteiger partial charge in [-0.3, -0.25) is 14.0 Å². The molecule has 1 aliphatic rings. The average molecular weight is 434 g/mol. The average Bonchev–Trinajstić information content (AvgIpc) is 3.10. The molecule has 0 amide bonds. The summed E-state index contributed by atoms with van der Waals surface area (Å²) in [6.45, 7) is -0.190. The molecule has 0 aromatic carbocycles. The van der Waals surface area contributed by atoms with Crippen molar-refractivity contribution in [3.8, 4) is 11.1 Å². The summed E-state index contributed by atoms with van der Waals surface area (Å²) in [6, 6.07) is 0. The normalized spacial score (nSPS) is 17.8. The molecule has 0 saturated heterocycles. The molecular weight excluding hydrogens is 424 g/mol. The molecule has 0 saturated carbocycles. The predicted molar refractivity (Wildman–Crippen MR) is 81.0 cm³/mol. The van der Waals surface area contributed by atoms with Crippen LogP contribution < -0.4 is 5.56 Å². The lowest BCUT2D eigenvalue weighted by molar-refractivity contribution is -0.287. The Morgan fingerprint density at radius 1 is 1.18 bits per heavy atom. The number of alkyl halides is 8. The number of halogens is 8. The maximum Gasteiger partial charge on any atom is 0.455 e. The van der Waals surface area contributed by atoms with Gasteiger partial charge < -0.3 is 0 Å². The summed E-state index contributed by atoms with van der Waals surface area (Å²) < 4.78 is 105. The molecule has 3 rings (SSSR count). The Labute approximate surface area is 155 Å². The molecule has 2 aromatic rings. The van der Waals surface area contributed by atoms with Crippen LogP contribution in [0.15, 0.2) is 22.3 Å². The summed E-state index contributed by atoms with van der Waals surface area (Å²) in [5.74, 6) is -5.15. The van der Waals surface area contributed by atoms with Crippen molar-refractivity contribution in [2.75, 3.05) is 0 Å². The first-order chi connectivity index (χ1) is 12.7. The van der Waals surface area contributed by atoms with Crippen LogP contribution in [0.25, 0.3) is 11.1 Å². The smallest absolute Gasteiger partial charge is 0.286 e. The molecule has 3 heterocycles. The fourth-order valence-corrected chi connectivity index (χ4v) is 3.61. The quantitative estimate of drug-likeness (QED) is 0.545. The van der Waals surface area contributed by atoms with E-state index in [1.807, 2.05) is 0 Å². The van der Waals surface area contributed by atoms with Crippen molar-refractivity contribution < 1.29 is 35.1 Å². The van der Waals surface area contributed by atoms with Gasteiger partial charge >= 0.3 is 18.3 Å². The predicted octanol–water partition coefficient (Wildman–Crippen LogP) is 3.82. The van der Waals surface area contributed by atoms with Gasteiger partial charge in [0.25, 0.3) is 5.56 Å². The summed E-state index contributed by atoms with van der Waals surface area (Å²) in [4.78, 5) is 16.0. The van der Waals surface area contributed by atoms with Crippen LogP contribution in [-0.4, -0.2) is 36.7 Å². The molecule has 1 aliphatic heterocycles. The highest BCUT2D eigenvalue weighted by molar-refractivity contribution is 7.99. The van der Waals surface area contributed by atoms with E-state index >= 15 is 0 Å². The molecule has 0 radical (unpaired) electrons. The zero-order valence-electron chi connectivity index (χ0n) is 13.8. The number of rotatable bonds is 3. The van der Waals surface area contributed by atoms with Gasteiger partial charge in [-0.25, -0.2) is 4.98 Å². The minimum absolute atomic E-state index is 0.0806.